The molecule has 0 fully saturated rings. The highest BCUT2D eigenvalue weighted by Crippen LogP contribution is 2.18. The molecule has 1 amide bonds. The fourth-order valence-electron chi connectivity index (χ4n) is 2.11. The number of carboxylic acid groups (broad SMARTS) is 1. The van der Waals surface area contributed by atoms with Gasteiger partial charge >= 0.3 is 5.97 Å². The van der Waals surface area contributed by atoms with Crippen molar-refractivity contribution in [1.82, 2.24) is 0 Å². The van der Waals surface area contributed by atoms with Gasteiger partial charge in [-0.3, -0.25) is 4.79 Å². The van der Waals surface area contributed by atoms with Crippen molar-refractivity contribution < 1.29 is 14.7 Å². The van der Waals surface area contributed by atoms with E-state index in [9.17, 15) is 9.59 Å². The van der Waals surface area contributed by atoms with Crippen LogP contribution in [0.1, 0.15) is 33.2 Å². The zero-order valence-electron chi connectivity index (χ0n) is 12.0. The van der Waals surface area contributed by atoms with E-state index in [4.69, 9.17) is 5.11 Å². The number of rotatable bonds is 4. The average Bonchev–Trinajstić information content (AvgIpc) is 2.53. The van der Waals surface area contributed by atoms with Gasteiger partial charge in [-0.2, -0.15) is 0 Å². The molecule has 0 saturated carbocycles. The van der Waals surface area contributed by atoms with Gasteiger partial charge in [-0.05, 0) is 36.2 Å². The summed E-state index contributed by atoms with van der Waals surface area (Å²) in [4.78, 5) is 25.1. The normalized spacial score (nSPS) is 10.2. The van der Waals surface area contributed by atoms with Crippen molar-refractivity contribution in [3.8, 4) is 0 Å². The zero-order valence-corrected chi connectivity index (χ0v) is 12.0. The minimum Gasteiger partial charge on any atom is -0.478 e. The Bertz CT molecular complexity index is 662. The Morgan fingerprint density at radius 3 is 2.10 bits per heavy atom. The molecule has 0 aromatic heterocycles. The van der Waals surface area contributed by atoms with Gasteiger partial charge in [0.05, 0.1) is 11.1 Å². The summed E-state index contributed by atoms with van der Waals surface area (Å²) in [5.74, 6) is -1.44. The lowest BCUT2D eigenvalue weighted by atomic mass is 10.1. The first-order valence-electron chi connectivity index (χ1n) is 6.74. The number of aromatic carboxylic acids is 1. The Balaban J connectivity index is 2.32. The Hall–Kier alpha value is -2.62. The summed E-state index contributed by atoms with van der Waals surface area (Å²) < 4.78 is 0. The summed E-state index contributed by atoms with van der Waals surface area (Å²) in [6, 6.07) is 13.9. The maximum Gasteiger partial charge on any atom is 0.336 e. The Morgan fingerprint density at radius 2 is 1.57 bits per heavy atom. The molecule has 1 N–H and O–H groups in total. The smallest absolute Gasteiger partial charge is 0.336 e. The monoisotopic (exact) mass is 283 g/mol. The number of amides is 1. The standard InChI is InChI=1S/C17H17NO3/c1-3-12-8-10-13(11-9-12)18(2)16(19)14-6-4-5-7-15(14)17(20)21/h4-11H,3H2,1-2H3,(H,20,21). The lowest BCUT2D eigenvalue weighted by molar-refractivity contribution is 0.0692. The molecule has 0 aliphatic heterocycles. The van der Waals surface area contributed by atoms with Crippen LogP contribution in [0.5, 0.6) is 0 Å². The number of benzene rings is 2. The molecule has 4 nitrogen and oxygen atoms in total. The van der Waals surface area contributed by atoms with E-state index in [0.29, 0.717) is 0 Å². The van der Waals surface area contributed by atoms with E-state index in [-0.39, 0.29) is 17.0 Å². The second-order valence-electron chi connectivity index (χ2n) is 4.73. The lowest BCUT2D eigenvalue weighted by Crippen LogP contribution is -2.27. The van der Waals surface area contributed by atoms with Crippen molar-refractivity contribution in [3.05, 3.63) is 65.2 Å². The minimum absolute atomic E-state index is 0.0135. The number of anilines is 1. The molecule has 2 rings (SSSR count). The Labute approximate surface area is 123 Å². The third-order valence-corrected chi connectivity index (χ3v) is 3.42. The van der Waals surface area contributed by atoms with E-state index in [2.05, 4.69) is 6.92 Å². The van der Waals surface area contributed by atoms with Crippen LogP contribution in [0.25, 0.3) is 0 Å². The summed E-state index contributed by atoms with van der Waals surface area (Å²) in [6.45, 7) is 2.06. The lowest BCUT2D eigenvalue weighted by Gasteiger charge is -2.18. The number of hydrogen-bond acceptors (Lipinski definition) is 2. The molecule has 0 heterocycles. The third-order valence-electron chi connectivity index (χ3n) is 3.42. The molecule has 0 aliphatic carbocycles. The van der Waals surface area contributed by atoms with E-state index in [0.717, 1.165) is 12.1 Å². The molecule has 0 radical (unpaired) electrons. The molecular weight excluding hydrogens is 266 g/mol. The second-order valence-corrected chi connectivity index (χ2v) is 4.73. The highest BCUT2D eigenvalue weighted by atomic mass is 16.4. The van der Waals surface area contributed by atoms with Gasteiger partial charge in [-0.1, -0.05) is 31.2 Å². The zero-order chi connectivity index (χ0) is 15.4. The molecule has 0 spiro atoms. The van der Waals surface area contributed by atoms with Crippen LogP contribution in [0.4, 0.5) is 5.69 Å². The Morgan fingerprint density at radius 1 is 1.00 bits per heavy atom. The molecule has 0 unspecified atom stereocenters. The van der Waals surface area contributed by atoms with Crippen LogP contribution in [0.3, 0.4) is 0 Å². The molecule has 2 aromatic rings. The Kier molecular flexibility index (Phi) is 4.38. The molecule has 108 valence electrons. The molecule has 0 saturated heterocycles. The van der Waals surface area contributed by atoms with Crippen molar-refractivity contribution in [1.29, 1.82) is 0 Å². The second kappa shape index (κ2) is 6.22. The van der Waals surface area contributed by atoms with E-state index in [1.807, 2.05) is 24.3 Å². The van der Waals surface area contributed by atoms with Crippen molar-refractivity contribution in [2.75, 3.05) is 11.9 Å². The van der Waals surface area contributed by atoms with Gasteiger partial charge < -0.3 is 10.0 Å². The molecule has 0 atom stereocenters. The molecule has 2 aromatic carbocycles. The van der Waals surface area contributed by atoms with Crippen LogP contribution in [-0.2, 0) is 6.42 Å². The predicted molar refractivity (Wildman–Crippen MR) is 82.0 cm³/mol. The van der Waals surface area contributed by atoms with Crippen molar-refractivity contribution in [3.63, 3.8) is 0 Å². The fourth-order valence-corrected chi connectivity index (χ4v) is 2.11. The third kappa shape index (κ3) is 3.11. The van der Waals surface area contributed by atoms with Crippen molar-refractivity contribution in [2.45, 2.75) is 13.3 Å². The van der Waals surface area contributed by atoms with Crippen molar-refractivity contribution >= 4 is 17.6 Å². The molecule has 4 heteroatoms. The van der Waals surface area contributed by atoms with Gasteiger partial charge in [0.25, 0.3) is 5.91 Å². The summed E-state index contributed by atoms with van der Waals surface area (Å²) in [5, 5.41) is 9.16. The number of carbonyl (C=O) groups is 2. The van der Waals surface area contributed by atoms with E-state index in [1.165, 1.54) is 22.6 Å². The van der Waals surface area contributed by atoms with Gasteiger partial charge in [-0.25, -0.2) is 4.79 Å². The predicted octanol–water partition coefficient (Wildman–Crippen LogP) is 3.22. The fraction of sp³-hybridized carbons (Fsp3) is 0.176. The highest BCUT2D eigenvalue weighted by Gasteiger charge is 2.19. The minimum atomic E-state index is -1.10. The van der Waals surface area contributed by atoms with E-state index < -0.39 is 5.97 Å². The maximum atomic E-state index is 12.5. The number of nitrogens with zero attached hydrogens (tertiary/aromatic N) is 1. The van der Waals surface area contributed by atoms with Crippen LogP contribution in [0.15, 0.2) is 48.5 Å². The van der Waals surface area contributed by atoms with Crippen LogP contribution in [0.2, 0.25) is 0 Å². The van der Waals surface area contributed by atoms with E-state index >= 15 is 0 Å². The largest absolute Gasteiger partial charge is 0.478 e. The van der Waals surface area contributed by atoms with Gasteiger partial charge in [0.2, 0.25) is 0 Å². The number of hydrogen-bond donors (Lipinski definition) is 1. The maximum absolute atomic E-state index is 12.5. The van der Waals surface area contributed by atoms with Crippen LogP contribution < -0.4 is 4.90 Å². The first-order chi connectivity index (χ1) is 10.0. The average molecular weight is 283 g/mol. The number of carboxylic acids is 1. The van der Waals surface area contributed by atoms with Crippen molar-refractivity contribution in [2.24, 2.45) is 0 Å². The summed E-state index contributed by atoms with van der Waals surface area (Å²) in [5.41, 5.74) is 2.12. The first kappa shape index (κ1) is 14.8. The highest BCUT2D eigenvalue weighted by molar-refractivity contribution is 6.11. The topological polar surface area (TPSA) is 57.6 Å². The molecule has 0 bridgehead atoms. The van der Waals surface area contributed by atoms with Gasteiger partial charge in [0.15, 0.2) is 0 Å². The van der Waals surface area contributed by atoms with E-state index in [1.54, 1.807) is 19.2 Å². The van der Waals surface area contributed by atoms with Gasteiger partial charge in [-0.15, -0.1) is 0 Å². The summed E-state index contributed by atoms with van der Waals surface area (Å²) >= 11 is 0. The number of aryl methyl sites for hydroxylation is 1. The summed E-state index contributed by atoms with van der Waals surface area (Å²) in [7, 11) is 1.64. The van der Waals surface area contributed by atoms with Crippen LogP contribution >= 0.6 is 0 Å². The molecule has 0 aliphatic rings. The van der Waals surface area contributed by atoms with Gasteiger partial charge in [0, 0.05) is 12.7 Å². The SMILES string of the molecule is CCc1ccc(N(C)C(=O)c2ccccc2C(=O)O)cc1. The van der Waals surface area contributed by atoms with Crippen LogP contribution in [-0.4, -0.2) is 24.0 Å². The number of carbonyl (C=O) groups excluding carboxylic acids is 1. The molecular formula is C17H17NO3. The molecule has 21 heavy (non-hydrogen) atoms. The summed E-state index contributed by atoms with van der Waals surface area (Å²) in [6.07, 6.45) is 0.930. The van der Waals surface area contributed by atoms with Crippen LogP contribution in [0, 0.1) is 0 Å². The quantitative estimate of drug-likeness (QED) is 0.937. The first-order valence-corrected chi connectivity index (χ1v) is 6.74. The van der Waals surface area contributed by atoms with Gasteiger partial charge in [0.1, 0.15) is 0 Å².